The van der Waals surface area contributed by atoms with Gasteiger partial charge in [-0.25, -0.2) is 14.2 Å². The number of carboxylic acid groups (broad SMARTS) is 1. The predicted molar refractivity (Wildman–Crippen MR) is 69.3 cm³/mol. The van der Waals surface area contributed by atoms with Crippen LogP contribution in [-0.4, -0.2) is 55.8 Å². The number of carbonyl (C=O) groups is 2. The quantitative estimate of drug-likeness (QED) is 0.691. The molecule has 20 heavy (non-hydrogen) atoms. The molecule has 1 aromatic rings. The Morgan fingerprint density at radius 1 is 1.55 bits per heavy atom. The van der Waals surface area contributed by atoms with Crippen LogP contribution in [0, 0.1) is 5.82 Å². The molecule has 0 spiro atoms. The molecule has 1 aromatic heterocycles. The van der Waals surface area contributed by atoms with Gasteiger partial charge in [0.05, 0.1) is 13.2 Å². The molecule has 0 saturated carbocycles. The standard InChI is InChI=1S/C12H16FN3O4/c1-16(7-9(17)14-5-6-20-2)11-10(13)8(12(18)19)3-4-15-11/h3-4H,5-7H2,1-2H3,(H,14,17)(H,18,19). The van der Waals surface area contributed by atoms with Gasteiger partial charge in [-0.1, -0.05) is 0 Å². The van der Waals surface area contributed by atoms with Crippen LogP contribution in [0.15, 0.2) is 12.3 Å². The Hall–Kier alpha value is -2.22. The van der Waals surface area contributed by atoms with Crippen molar-refractivity contribution in [2.45, 2.75) is 0 Å². The molecule has 1 heterocycles. The van der Waals surface area contributed by atoms with E-state index in [4.69, 9.17) is 9.84 Å². The summed E-state index contributed by atoms with van der Waals surface area (Å²) < 4.78 is 18.7. The Bertz CT molecular complexity index is 496. The first kappa shape index (κ1) is 15.8. The van der Waals surface area contributed by atoms with Crippen LogP contribution in [0.5, 0.6) is 0 Å². The molecule has 110 valence electrons. The zero-order chi connectivity index (χ0) is 15.1. The van der Waals surface area contributed by atoms with Crippen molar-refractivity contribution < 1.29 is 23.8 Å². The van der Waals surface area contributed by atoms with E-state index in [0.717, 1.165) is 6.07 Å². The number of hydrogen-bond acceptors (Lipinski definition) is 5. The van der Waals surface area contributed by atoms with Crippen LogP contribution in [0.3, 0.4) is 0 Å². The number of methoxy groups -OCH3 is 1. The van der Waals surface area contributed by atoms with Crippen molar-refractivity contribution in [3.8, 4) is 0 Å². The number of carbonyl (C=O) groups excluding carboxylic acids is 1. The second-order valence-electron chi connectivity index (χ2n) is 4.00. The first-order chi connectivity index (χ1) is 9.47. The Kier molecular flexibility index (Phi) is 5.85. The number of pyridine rings is 1. The van der Waals surface area contributed by atoms with Gasteiger partial charge in [-0.2, -0.15) is 0 Å². The van der Waals surface area contributed by atoms with Crippen LogP contribution >= 0.6 is 0 Å². The number of aromatic nitrogens is 1. The summed E-state index contributed by atoms with van der Waals surface area (Å²) >= 11 is 0. The second-order valence-corrected chi connectivity index (χ2v) is 4.00. The molecule has 0 aliphatic carbocycles. The van der Waals surface area contributed by atoms with Gasteiger partial charge in [0.2, 0.25) is 5.91 Å². The maximum absolute atomic E-state index is 13.9. The number of ether oxygens (including phenoxy) is 1. The smallest absolute Gasteiger partial charge is 0.338 e. The van der Waals surface area contributed by atoms with Crippen molar-refractivity contribution in [2.75, 3.05) is 38.8 Å². The van der Waals surface area contributed by atoms with Gasteiger partial charge in [0.15, 0.2) is 11.6 Å². The molecule has 0 unspecified atom stereocenters. The zero-order valence-corrected chi connectivity index (χ0v) is 11.2. The number of hydrogen-bond donors (Lipinski definition) is 2. The number of aromatic carboxylic acids is 1. The highest BCUT2D eigenvalue weighted by molar-refractivity contribution is 5.89. The molecule has 0 aliphatic rings. The van der Waals surface area contributed by atoms with Gasteiger partial charge in [0.25, 0.3) is 0 Å². The minimum absolute atomic E-state index is 0.142. The summed E-state index contributed by atoms with van der Waals surface area (Å²) in [6.45, 7) is 0.571. The van der Waals surface area contributed by atoms with E-state index >= 15 is 0 Å². The number of anilines is 1. The third-order valence-corrected chi connectivity index (χ3v) is 2.47. The number of nitrogens with one attached hydrogen (secondary N) is 1. The van der Waals surface area contributed by atoms with Crippen molar-refractivity contribution in [1.82, 2.24) is 10.3 Å². The van der Waals surface area contributed by atoms with Crippen molar-refractivity contribution in [3.05, 3.63) is 23.6 Å². The molecule has 1 amide bonds. The molecular formula is C12H16FN3O4. The number of halogens is 1. The number of nitrogens with zero attached hydrogens (tertiary/aromatic N) is 2. The van der Waals surface area contributed by atoms with Gasteiger partial charge < -0.3 is 20.1 Å². The van der Waals surface area contributed by atoms with Crippen LogP contribution in [0.2, 0.25) is 0 Å². The molecule has 0 aromatic carbocycles. The summed E-state index contributed by atoms with van der Waals surface area (Å²) in [5.41, 5.74) is -0.485. The molecule has 0 aliphatic heterocycles. The first-order valence-electron chi connectivity index (χ1n) is 5.82. The summed E-state index contributed by atoms with van der Waals surface area (Å²) in [4.78, 5) is 27.4. The van der Waals surface area contributed by atoms with E-state index < -0.39 is 17.3 Å². The average molecular weight is 285 g/mol. The van der Waals surface area contributed by atoms with E-state index in [9.17, 15) is 14.0 Å². The van der Waals surface area contributed by atoms with Crippen molar-refractivity contribution in [1.29, 1.82) is 0 Å². The van der Waals surface area contributed by atoms with Gasteiger partial charge in [0, 0.05) is 26.9 Å². The third kappa shape index (κ3) is 4.16. The second kappa shape index (κ2) is 7.39. The van der Waals surface area contributed by atoms with Crippen LogP contribution in [0.1, 0.15) is 10.4 Å². The van der Waals surface area contributed by atoms with Gasteiger partial charge in [-0.15, -0.1) is 0 Å². The molecule has 0 fully saturated rings. The fraction of sp³-hybridized carbons (Fsp3) is 0.417. The highest BCUT2D eigenvalue weighted by atomic mass is 19.1. The molecule has 0 radical (unpaired) electrons. The monoisotopic (exact) mass is 285 g/mol. The van der Waals surface area contributed by atoms with Gasteiger partial charge in [-0.3, -0.25) is 4.79 Å². The van der Waals surface area contributed by atoms with E-state index in [2.05, 4.69) is 10.3 Å². The third-order valence-electron chi connectivity index (χ3n) is 2.47. The van der Waals surface area contributed by atoms with Crippen LogP contribution in [0.25, 0.3) is 0 Å². The normalized spacial score (nSPS) is 10.2. The molecule has 8 heteroatoms. The fourth-order valence-corrected chi connectivity index (χ4v) is 1.50. The lowest BCUT2D eigenvalue weighted by Gasteiger charge is -2.18. The molecule has 1 rings (SSSR count). The summed E-state index contributed by atoms with van der Waals surface area (Å²) in [5.74, 6) is -2.88. The summed E-state index contributed by atoms with van der Waals surface area (Å²) in [7, 11) is 2.96. The number of amides is 1. The zero-order valence-electron chi connectivity index (χ0n) is 11.2. The Morgan fingerprint density at radius 3 is 2.85 bits per heavy atom. The lowest BCUT2D eigenvalue weighted by atomic mass is 10.2. The molecule has 0 atom stereocenters. The minimum Gasteiger partial charge on any atom is -0.478 e. The van der Waals surface area contributed by atoms with Crippen molar-refractivity contribution >= 4 is 17.7 Å². The van der Waals surface area contributed by atoms with Gasteiger partial charge >= 0.3 is 5.97 Å². The summed E-state index contributed by atoms with van der Waals surface area (Å²) in [6, 6.07) is 1.06. The van der Waals surface area contributed by atoms with Crippen LogP contribution in [-0.2, 0) is 9.53 Å². The summed E-state index contributed by atoms with van der Waals surface area (Å²) in [5, 5.41) is 11.4. The van der Waals surface area contributed by atoms with Crippen LogP contribution < -0.4 is 10.2 Å². The van der Waals surface area contributed by atoms with E-state index in [1.165, 1.54) is 25.3 Å². The van der Waals surface area contributed by atoms with Gasteiger partial charge in [-0.05, 0) is 6.07 Å². The topological polar surface area (TPSA) is 91.8 Å². The molecular weight excluding hydrogens is 269 g/mol. The Labute approximate surface area is 115 Å². The highest BCUT2D eigenvalue weighted by Crippen LogP contribution is 2.18. The van der Waals surface area contributed by atoms with Crippen molar-refractivity contribution in [3.63, 3.8) is 0 Å². The Balaban J connectivity index is 2.72. The number of likely N-dealkylation sites (N-methyl/N-ethyl adjacent to an activating group) is 1. The van der Waals surface area contributed by atoms with E-state index in [0.29, 0.717) is 13.2 Å². The van der Waals surface area contributed by atoms with Crippen LogP contribution in [0.4, 0.5) is 10.2 Å². The molecule has 7 nitrogen and oxygen atoms in total. The Morgan fingerprint density at radius 2 is 2.25 bits per heavy atom. The first-order valence-corrected chi connectivity index (χ1v) is 5.82. The summed E-state index contributed by atoms with van der Waals surface area (Å²) in [6.07, 6.45) is 1.18. The number of rotatable bonds is 7. The van der Waals surface area contributed by atoms with E-state index in [1.807, 2.05) is 0 Å². The van der Waals surface area contributed by atoms with E-state index in [1.54, 1.807) is 0 Å². The van der Waals surface area contributed by atoms with E-state index in [-0.39, 0.29) is 18.3 Å². The molecule has 0 saturated heterocycles. The lowest BCUT2D eigenvalue weighted by molar-refractivity contribution is -0.119. The predicted octanol–water partition coefficient (Wildman–Crippen LogP) is 0.118. The number of carboxylic acids is 1. The largest absolute Gasteiger partial charge is 0.478 e. The minimum atomic E-state index is -1.39. The molecule has 2 N–H and O–H groups in total. The maximum Gasteiger partial charge on any atom is 0.338 e. The maximum atomic E-state index is 13.9. The average Bonchev–Trinajstić information content (AvgIpc) is 2.38. The molecule has 0 bridgehead atoms. The van der Waals surface area contributed by atoms with Gasteiger partial charge in [0.1, 0.15) is 5.56 Å². The highest BCUT2D eigenvalue weighted by Gasteiger charge is 2.19. The SMILES string of the molecule is COCCNC(=O)CN(C)c1nccc(C(=O)O)c1F. The van der Waals surface area contributed by atoms with Crippen molar-refractivity contribution in [2.24, 2.45) is 0 Å². The fourth-order valence-electron chi connectivity index (χ4n) is 1.50. The lowest BCUT2D eigenvalue weighted by Crippen LogP contribution is -2.37.